The number of ether oxygens (including phenoxy) is 2. The van der Waals surface area contributed by atoms with Gasteiger partial charge in [0.15, 0.2) is 0 Å². The van der Waals surface area contributed by atoms with E-state index in [1.54, 1.807) is 7.11 Å². The van der Waals surface area contributed by atoms with Crippen molar-refractivity contribution in [2.75, 3.05) is 25.6 Å². The van der Waals surface area contributed by atoms with Crippen molar-refractivity contribution in [3.05, 3.63) is 64.1 Å². The van der Waals surface area contributed by atoms with Gasteiger partial charge in [-0.25, -0.2) is 4.79 Å². The molecule has 0 aromatic heterocycles. The molecule has 0 spiro atoms. The largest absolute Gasteiger partial charge is 0.382 e. The second-order valence-electron chi connectivity index (χ2n) is 5.59. The van der Waals surface area contributed by atoms with Crippen LogP contribution in [-0.4, -0.2) is 26.4 Å². The summed E-state index contributed by atoms with van der Waals surface area (Å²) in [7, 11) is 1.64. The molecule has 0 aliphatic carbocycles. The normalized spacial score (nSPS) is 11.8. The fourth-order valence-electron chi connectivity index (χ4n) is 2.34. The summed E-state index contributed by atoms with van der Waals surface area (Å²) in [5.41, 5.74) is 2.75. The zero-order valence-corrected chi connectivity index (χ0v) is 16.0. The maximum absolute atomic E-state index is 12.2. The van der Waals surface area contributed by atoms with Crippen molar-refractivity contribution in [3.8, 4) is 0 Å². The number of carbonyl (C=O) groups is 1. The number of halogens is 1. The van der Waals surface area contributed by atoms with Crippen molar-refractivity contribution in [2.45, 2.75) is 19.6 Å². The first kappa shape index (κ1) is 19.4. The minimum Gasteiger partial charge on any atom is -0.382 e. The number of nitrogens with one attached hydrogen (secondary N) is 2. The number of benzene rings is 2. The summed E-state index contributed by atoms with van der Waals surface area (Å²) in [6, 6.07) is 15.1. The standard InChI is InChI=1S/C19H23BrN2O3/c1-14(17-8-3-4-9-18(17)20)21-19(23)22-16-7-5-6-15(12-16)13-25-11-10-24-2/h3-9,12,14H,10-11,13H2,1-2H3,(H2,21,22,23). The lowest BCUT2D eigenvalue weighted by atomic mass is 10.1. The summed E-state index contributed by atoms with van der Waals surface area (Å²) in [6.07, 6.45) is 0. The van der Waals surface area contributed by atoms with Crippen molar-refractivity contribution in [2.24, 2.45) is 0 Å². The minimum absolute atomic E-state index is 0.115. The summed E-state index contributed by atoms with van der Waals surface area (Å²) in [5, 5.41) is 5.80. The summed E-state index contributed by atoms with van der Waals surface area (Å²) >= 11 is 3.50. The Morgan fingerprint density at radius 2 is 1.96 bits per heavy atom. The molecule has 0 saturated carbocycles. The Balaban J connectivity index is 1.88. The molecule has 134 valence electrons. The number of methoxy groups -OCH3 is 1. The van der Waals surface area contributed by atoms with Crippen LogP contribution in [0.2, 0.25) is 0 Å². The second-order valence-corrected chi connectivity index (χ2v) is 6.44. The Bertz CT molecular complexity index is 694. The lowest BCUT2D eigenvalue weighted by Crippen LogP contribution is -2.31. The third-order valence-corrected chi connectivity index (χ3v) is 4.33. The summed E-state index contributed by atoms with van der Waals surface area (Å²) in [4.78, 5) is 12.2. The second kappa shape index (κ2) is 10.2. The van der Waals surface area contributed by atoms with E-state index in [1.165, 1.54) is 0 Å². The molecular formula is C19H23BrN2O3. The van der Waals surface area contributed by atoms with Crippen LogP contribution >= 0.6 is 15.9 Å². The van der Waals surface area contributed by atoms with Gasteiger partial charge in [0, 0.05) is 17.3 Å². The number of urea groups is 1. The molecule has 1 unspecified atom stereocenters. The van der Waals surface area contributed by atoms with Gasteiger partial charge in [-0.15, -0.1) is 0 Å². The van der Waals surface area contributed by atoms with Crippen molar-refractivity contribution >= 4 is 27.6 Å². The summed E-state index contributed by atoms with van der Waals surface area (Å²) in [5.74, 6) is 0. The highest BCUT2D eigenvalue weighted by molar-refractivity contribution is 9.10. The van der Waals surface area contributed by atoms with E-state index in [2.05, 4.69) is 26.6 Å². The molecule has 0 radical (unpaired) electrons. The van der Waals surface area contributed by atoms with Crippen LogP contribution in [0.4, 0.5) is 10.5 Å². The van der Waals surface area contributed by atoms with Crippen LogP contribution in [0.1, 0.15) is 24.1 Å². The number of carbonyl (C=O) groups excluding carboxylic acids is 1. The van der Waals surface area contributed by atoms with Crippen LogP contribution in [0, 0.1) is 0 Å². The maximum Gasteiger partial charge on any atom is 0.319 e. The molecule has 0 bridgehead atoms. The Hall–Kier alpha value is -1.89. The minimum atomic E-state index is -0.249. The molecule has 1 atom stereocenters. The topological polar surface area (TPSA) is 59.6 Å². The van der Waals surface area contributed by atoms with Gasteiger partial charge in [-0.05, 0) is 36.2 Å². The first-order valence-corrected chi connectivity index (χ1v) is 8.87. The monoisotopic (exact) mass is 406 g/mol. The zero-order chi connectivity index (χ0) is 18.1. The van der Waals surface area contributed by atoms with Crippen molar-refractivity contribution in [1.29, 1.82) is 0 Å². The predicted octanol–water partition coefficient (Wildman–Crippen LogP) is 4.49. The molecule has 2 N–H and O–H groups in total. The number of anilines is 1. The first-order chi connectivity index (χ1) is 12.1. The number of rotatable bonds is 8. The van der Waals surface area contributed by atoms with Gasteiger partial charge in [0.1, 0.15) is 0 Å². The van der Waals surface area contributed by atoms with Crippen LogP contribution in [0.5, 0.6) is 0 Å². The van der Waals surface area contributed by atoms with Gasteiger partial charge in [-0.1, -0.05) is 46.3 Å². The fourth-order valence-corrected chi connectivity index (χ4v) is 2.97. The Labute approximate surface area is 156 Å². The van der Waals surface area contributed by atoms with E-state index in [0.717, 1.165) is 21.3 Å². The molecule has 6 heteroatoms. The number of hydrogen-bond acceptors (Lipinski definition) is 3. The summed E-state index contributed by atoms with van der Waals surface area (Å²) in [6.45, 7) is 3.53. The van der Waals surface area contributed by atoms with Crippen LogP contribution in [-0.2, 0) is 16.1 Å². The first-order valence-electron chi connectivity index (χ1n) is 8.07. The molecule has 25 heavy (non-hydrogen) atoms. The van der Waals surface area contributed by atoms with Crippen molar-refractivity contribution in [3.63, 3.8) is 0 Å². The van der Waals surface area contributed by atoms with Crippen molar-refractivity contribution < 1.29 is 14.3 Å². The molecule has 5 nitrogen and oxygen atoms in total. The highest BCUT2D eigenvalue weighted by Gasteiger charge is 2.12. The fraction of sp³-hybridized carbons (Fsp3) is 0.316. The molecule has 0 aliphatic rings. The lowest BCUT2D eigenvalue weighted by molar-refractivity contribution is 0.0617. The average Bonchev–Trinajstić information content (AvgIpc) is 2.59. The van der Waals surface area contributed by atoms with Gasteiger partial charge < -0.3 is 20.1 Å². The van der Waals surface area contributed by atoms with Gasteiger partial charge >= 0.3 is 6.03 Å². The molecule has 0 heterocycles. The number of amides is 2. The summed E-state index contributed by atoms with van der Waals surface area (Å²) < 4.78 is 11.4. The molecule has 0 aliphatic heterocycles. The Kier molecular flexibility index (Phi) is 7.91. The van der Waals surface area contributed by atoms with E-state index in [0.29, 0.717) is 19.8 Å². The molecule has 0 fully saturated rings. The number of hydrogen-bond donors (Lipinski definition) is 2. The molecule has 0 saturated heterocycles. The average molecular weight is 407 g/mol. The zero-order valence-electron chi connectivity index (χ0n) is 14.4. The van der Waals surface area contributed by atoms with Crippen LogP contribution < -0.4 is 10.6 Å². The van der Waals surface area contributed by atoms with Gasteiger partial charge in [-0.2, -0.15) is 0 Å². The van der Waals surface area contributed by atoms with E-state index in [9.17, 15) is 4.79 Å². The SMILES string of the molecule is COCCOCc1cccc(NC(=O)NC(C)c2ccccc2Br)c1. The van der Waals surface area contributed by atoms with Gasteiger partial charge in [0.25, 0.3) is 0 Å². The van der Waals surface area contributed by atoms with E-state index >= 15 is 0 Å². The van der Waals surface area contributed by atoms with Gasteiger partial charge in [-0.3, -0.25) is 0 Å². The predicted molar refractivity (Wildman–Crippen MR) is 103 cm³/mol. The molecule has 2 amide bonds. The smallest absolute Gasteiger partial charge is 0.319 e. The van der Waals surface area contributed by atoms with Crippen LogP contribution in [0.15, 0.2) is 53.0 Å². The highest BCUT2D eigenvalue weighted by atomic mass is 79.9. The molecule has 2 rings (SSSR count). The van der Waals surface area contributed by atoms with Gasteiger partial charge in [0.2, 0.25) is 0 Å². The van der Waals surface area contributed by atoms with Crippen LogP contribution in [0.25, 0.3) is 0 Å². The van der Waals surface area contributed by atoms with Gasteiger partial charge in [0.05, 0.1) is 25.9 Å². The van der Waals surface area contributed by atoms with E-state index in [4.69, 9.17) is 9.47 Å². The third kappa shape index (κ3) is 6.49. The van der Waals surface area contributed by atoms with E-state index in [1.807, 2.05) is 55.5 Å². The third-order valence-electron chi connectivity index (χ3n) is 3.60. The highest BCUT2D eigenvalue weighted by Crippen LogP contribution is 2.22. The quantitative estimate of drug-likeness (QED) is 0.634. The Morgan fingerprint density at radius 1 is 1.16 bits per heavy atom. The Morgan fingerprint density at radius 3 is 2.72 bits per heavy atom. The van der Waals surface area contributed by atoms with E-state index in [-0.39, 0.29) is 12.1 Å². The van der Waals surface area contributed by atoms with Crippen molar-refractivity contribution in [1.82, 2.24) is 5.32 Å². The molecule has 2 aromatic carbocycles. The van der Waals surface area contributed by atoms with E-state index < -0.39 is 0 Å². The lowest BCUT2D eigenvalue weighted by Gasteiger charge is -2.16. The molecular weight excluding hydrogens is 384 g/mol. The van der Waals surface area contributed by atoms with Crippen LogP contribution in [0.3, 0.4) is 0 Å². The molecule has 2 aromatic rings. The maximum atomic E-state index is 12.2.